The molecule has 0 aliphatic heterocycles. The van der Waals surface area contributed by atoms with Gasteiger partial charge in [0.2, 0.25) is 0 Å². The highest BCUT2D eigenvalue weighted by Gasteiger charge is 2.14. The molecule has 0 N–H and O–H groups in total. The molecule has 1 aromatic carbocycles. The number of nitrogens with zero attached hydrogens (tertiary/aromatic N) is 3. The topological polar surface area (TPSA) is 47.8 Å². The number of hydrogen-bond acceptors (Lipinski definition) is 4. The third-order valence-electron chi connectivity index (χ3n) is 2.88. The van der Waals surface area contributed by atoms with Crippen molar-refractivity contribution in [1.29, 1.82) is 0 Å². The van der Waals surface area contributed by atoms with Crippen LogP contribution in [0, 0.1) is 0 Å². The molecule has 0 saturated carbocycles. The number of carbonyl (C=O) groups is 1. The smallest absolute Gasteiger partial charge is 0.191 e. The first-order valence-electron chi connectivity index (χ1n) is 6.30. The minimum atomic E-state index is 0.0563. The first-order chi connectivity index (χ1) is 9.49. The molecule has 2 rings (SSSR count). The third-order valence-corrected chi connectivity index (χ3v) is 4.16. The van der Waals surface area contributed by atoms with Gasteiger partial charge in [-0.25, -0.2) is 0 Å². The summed E-state index contributed by atoms with van der Waals surface area (Å²) in [6.45, 7) is 4.13. The number of hydrogen-bond donors (Lipinski definition) is 0. The minimum Gasteiger partial charge on any atom is -0.309 e. The van der Waals surface area contributed by atoms with Crippen LogP contribution >= 0.6 is 23.4 Å². The molecule has 0 aliphatic carbocycles. The summed E-state index contributed by atoms with van der Waals surface area (Å²) in [4.78, 5) is 12.1. The Bertz CT molecular complexity index is 607. The largest absolute Gasteiger partial charge is 0.309 e. The molecule has 1 aromatic heterocycles. The molecular formula is C14H16ClN3OS. The minimum absolute atomic E-state index is 0.0563. The molecule has 106 valence electrons. The van der Waals surface area contributed by atoms with Gasteiger partial charge < -0.3 is 4.57 Å². The normalized spacial score (nSPS) is 11.1. The van der Waals surface area contributed by atoms with Crippen LogP contribution in [0.5, 0.6) is 0 Å². The van der Waals surface area contributed by atoms with Gasteiger partial charge in [0.25, 0.3) is 0 Å². The van der Waals surface area contributed by atoms with E-state index >= 15 is 0 Å². The van der Waals surface area contributed by atoms with Crippen LogP contribution in [0.3, 0.4) is 0 Å². The molecule has 0 amide bonds. The molecule has 0 radical (unpaired) electrons. The average Bonchev–Trinajstić information content (AvgIpc) is 2.78. The molecule has 0 fully saturated rings. The molecule has 6 heteroatoms. The van der Waals surface area contributed by atoms with Gasteiger partial charge in [-0.1, -0.05) is 37.2 Å². The molecule has 0 aliphatic rings. The van der Waals surface area contributed by atoms with Crippen LogP contribution in [0.4, 0.5) is 0 Å². The number of ketones is 1. The fourth-order valence-electron chi connectivity index (χ4n) is 1.80. The second-order valence-electron chi connectivity index (χ2n) is 4.77. The highest BCUT2D eigenvalue weighted by atomic mass is 35.5. The Morgan fingerprint density at radius 1 is 1.30 bits per heavy atom. The van der Waals surface area contributed by atoms with Crippen LogP contribution in [-0.2, 0) is 7.05 Å². The van der Waals surface area contributed by atoms with E-state index in [2.05, 4.69) is 24.0 Å². The SMILES string of the molecule is CC(C)c1nnc(SCC(=O)c2ccc(Cl)cc2)n1C. The van der Waals surface area contributed by atoms with Gasteiger partial charge in [-0.3, -0.25) is 4.79 Å². The summed E-state index contributed by atoms with van der Waals surface area (Å²) in [6, 6.07) is 6.92. The Morgan fingerprint density at radius 2 is 1.95 bits per heavy atom. The lowest BCUT2D eigenvalue weighted by molar-refractivity contribution is 0.102. The molecule has 4 nitrogen and oxygen atoms in total. The summed E-state index contributed by atoms with van der Waals surface area (Å²) >= 11 is 7.20. The van der Waals surface area contributed by atoms with Crippen molar-refractivity contribution in [2.24, 2.45) is 7.05 Å². The lowest BCUT2D eigenvalue weighted by atomic mass is 10.1. The maximum absolute atomic E-state index is 12.1. The van der Waals surface area contributed by atoms with Crippen molar-refractivity contribution < 1.29 is 4.79 Å². The highest BCUT2D eigenvalue weighted by Crippen LogP contribution is 2.21. The standard InChI is InChI=1S/C14H16ClN3OS/c1-9(2)13-16-17-14(18(13)3)20-8-12(19)10-4-6-11(15)7-5-10/h4-7,9H,8H2,1-3H3. The molecule has 20 heavy (non-hydrogen) atoms. The zero-order chi connectivity index (χ0) is 14.7. The maximum Gasteiger partial charge on any atom is 0.191 e. The van der Waals surface area contributed by atoms with Crippen molar-refractivity contribution in [3.63, 3.8) is 0 Å². The van der Waals surface area contributed by atoms with E-state index < -0.39 is 0 Å². The zero-order valence-electron chi connectivity index (χ0n) is 11.6. The number of carbonyl (C=O) groups excluding carboxylic acids is 1. The van der Waals surface area contributed by atoms with Crippen LogP contribution in [0.15, 0.2) is 29.4 Å². The van der Waals surface area contributed by atoms with Gasteiger partial charge >= 0.3 is 0 Å². The average molecular weight is 310 g/mol. The Balaban J connectivity index is 2.02. The third kappa shape index (κ3) is 3.41. The maximum atomic E-state index is 12.1. The van der Waals surface area contributed by atoms with Crippen molar-refractivity contribution in [3.8, 4) is 0 Å². The van der Waals surface area contributed by atoms with Gasteiger partial charge in [-0.15, -0.1) is 10.2 Å². The summed E-state index contributed by atoms with van der Waals surface area (Å²) in [7, 11) is 1.92. The molecular weight excluding hydrogens is 294 g/mol. The quantitative estimate of drug-likeness (QED) is 0.626. The van der Waals surface area contributed by atoms with Gasteiger partial charge in [0, 0.05) is 23.6 Å². The van der Waals surface area contributed by atoms with Crippen molar-refractivity contribution in [2.75, 3.05) is 5.75 Å². The van der Waals surface area contributed by atoms with Crippen LogP contribution in [0.2, 0.25) is 5.02 Å². The van der Waals surface area contributed by atoms with E-state index in [1.807, 2.05) is 11.6 Å². The molecule has 0 bridgehead atoms. The zero-order valence-corrected chi connectivity index (χ0v) is 13.2. The molecule has 0 atom stereocenters. The summed E-state index contributed by atoms with van der Waals surface area (Å²) in [6.07, 6.45) is 0. The van der Waals surface area contributed by atoms with Gasteiger partial charge in [0.1, 0.15) is 5.82 Å². The molecule has 0 saturated heterocycles. The number of Topliss-reactive ketones (excluding diaryl/α,β-unsaturated/α-hetero) is 1. The van der Waals surface area contributed by atoms with Gasteiger partial charge in [-0.2, -0.15) is 0 Å². The van der Waals surface area contributed by atoms with Gasteiger partial charge in [0.05, 0.1) is 5.75 Å². The van der Waals surface area contributed by atoms with Crippen molar-refractivity contribution >= 4 is 29.1 Å². The monoisotopic (exact) mass is 309 g/mol. The first kappa shape index (κ1) is 15.1. The fraction of sp³-hybridized carbons (Fsp3) is 0.357. The van der Waals surface area contributed by atoms with Crippen LogP contribution in [0.1, 0.15) is 35.9 Å². The summed E-state index contributed by atoms with van der Waals surface area (Å²) < 4.78 is 1.93. The van der Waals surface area contributed by atoms with E-state index in [0.29, 0.717) is 22.3 Å². The molecule has 0 spiro atoms. The van der Waals surface area contributed by atoms with Crippen LogP contribution in [-0.4, -0.2) is 26.3 Å². The summed E-state index contributed by atoms with van der Waals surface area (Å²) in [5.41, 5.74) is 0.660. The number of aromatic nitrogens is 3. The Morgan fingerprint density at radius 3 is 2.50 bits per heavy atom. The van der Waals surface area contributed by atoms with Crippen LogP contribution < -0.4 is 0 Å². The first-order valence-corrected chi connectivity index (χ1v) is 7.66. The molecule has 2 aromatic rings. The molecule has 0 unspecified atom stereocenters. The Hall–Kier alpha value is -1.33. The van der Waals surface area contributed by atoms with E-state index in [9.17, 15) is 4.79 Å². The fourth-order valence-corrected chi connectivity index (χ4v) is 2.74. The van der Waals surface area contributed by atoms with E-state index in [4.69, 9.17) is 11.6 Å². The number of benzene rings is 1. The Labute approximate surface area is 127 Å². The second kappa shape index (κ2) is 6.41. The molecule has 1 heterocycles. The summed E-state index contributed by atoms with van der Waals surface area (Å²) in [5, 5.41) is 9.65. The lowest BCUT2D eigenvalue weighted by Gasteiger charge is -2.05. The highest BCUT2D eigenvalue weighted by molar-refractivity contribution is 7.99. The number of halogens is 1. The van der Waals surface area contributed by atoms with E-state index in [-0.39, 0.29) is 5.78 Å². The number of rotatable bonds is 5. The second-order valence-corrected chi connectivity index (χ2v) is 6.15. The van der Waals surface area contributed by atoms with Crippen molar-refractivity contribution in [3.05, 3.63) is 40.7 Å². The van der Waals surface area contributed by atoms with Gasteiger partial charge in [-0.05, 0) is 24.3 Å². The van der Waals surface area contributed by atoms with E-state index in [1.54, 1.807) is 24.3 Å². The van der Waals surface area contributed by atoms with E-state index in [0.717, 1.165) is 11.0 Å². The lowest BCUT2D eigenvalue weighted by Crippen LogP contribution is -2.05. The van der Waals surface area contributed by atoms with Crippen LogP contribution in [0.25, 0.3) is 0 Å². The van der Waals surface area contributed by atoms with E-state index in [1.165, 1.54) is 11.8 Å². The predicted octanol–water partition coefficient (Wildman–Crippen LogP) is 3.57. The van der Waals surface area contributed by atoms with Crippen molar-refractivity contribution in [2.45, 2.75) is 24.9 Å². The Kier molecular flexibility index (Phi) is 4.83. The predicted molar refractivity (Wildman–Crippen MR) is 81.6 cm³/mol. The summed E-state index contributed by atoms with van der Waals surface area (Å²) in [5.74, 6) is 1.63. The number of thioether (sulfide) groups is 1. The van der Waals surface area contributed by atoms with Crippen molar-refractivity contribution in [1.82, 2.24) is 14.8 Å². The van der Waals surface area contributed by atoms with Gasteiger partial charge in [0.15, 0.2) is 10.9 Å².